The lowest BCUT2D eigenvalue weighted by molar-refractivity contribution is 0.720. The fourth-order valence-corrected chi connectivity index (χ4v) is 0.532. The lowest BCUT2D eigenvalue weighted by Crippen LogP contribution is -2.24. The minimum absolute atomic E-state index is 0.712. The molecule has 0 amide bonds. The minimum Gasteiger partial charge on any atom is -0.387 e. The molecule has 0 heterocycles. The van der Waals surface area contributed by atoms with Crippen LogP contribution in [-0.2, 0) is 0 Å². The van der Waals surface area contributed by atoms with Gasteiger partial charge in [0.15, 0.2) is 0 Å². The van der Waals surface area contributed by atoms with Gasteiger partial charge in [0.1, 0.15) is 0 Å². The van der Waals surface area contributed by atoms with E-state index < -0.39 is 0 Å². The van der Waals surface area contributed by atoms with Gasteiger partial charge in [-0.25, -0.2) is 0 Å². The summed E-state index contributed by atoms with van der Waals surface area (Å²) in [5, 5.41) is 6.12. The Kier molecular flexibility index (Phi) is 5.88. The van der Waals surface area contributed by atoms with Crippen LogP contribution in [-0.4, -0.2) is 25.9 Å². The quantitative estimate of drug-likeness (QED) is 0.382. The molecule has 0 aromatic carbocycles. The third kappa shape index (κ3) is 5.73. The van der Waals surface area contributed by atoms with Gasteiger partial charge in [0.2, 0.25) is 0 Å². The average molecular weight is 146 g/mol. The van der Waals surface area contributed by atoms with Crippen LogP contribution in [0.5, 0.6) is 0 Å². The van der Waals surface area contributed by atoms with E-state index in [1.807, 2.05) is 7.05 Å². The fourth-order valence-electron chi connectivity index (χ4n) is 0.420. The third-order valence-corrected chi connectivity index (χ3v) is 1.32. The second-order valence-corrected chi connectivity index (χ2v) is 2.11. The van der Waals surface area contributed by atoms with Crippen LogP contribution in [0.1, 0.15) is 0 Å². The summed E-state index contributed by atoms with van der Waals surface area (Å²) in [6.45, 7) is 5.62. The van der Waals surface area contributed by atoms with Crippen molar-refractivity contribution in [3.63, 3.8) is 0 Å². The lowest BCUT2D eigenvalue weighted by Gasteiger charge is -2.04. The molecule has 0 spiro atoms. The van der Waals surface area contributed by atoms with Gasteiger partial charge >= 0.3 is 0 Å². The van der Waals surface area contributed by atoms with Gasteiger partial charge in [-0.3, -0.25) is 0 Å². The summed E-state index contributed by atoms with van der Waals surface area (Å²) in [7, 11) is 1.92. The summed E-state index contributed by atoms with van der Waals surface area (Å²) in [6, 6.07) is 0. The molecule has 2 N–H and O–H groups in total. The Hall–Kier alpha value is -0.150. The summed E-state index contributed by atoms with van der Waals surface area (Å²) < 4.78 is 0. The first-order chi connectivity index (χ1) is 4.31. The van der Waals surface area contributed by atoms with Crippen molar-refractivity contribution in [3.05, 3.63) is 12.3 Å². The van der Waals surface area contributed by atoms with Crippen LogP contribution in [0.15, 0.2) is 12.3 Å². The highest BCUT2D eigenvalue weighted by atomic mass is 32.1. The van der Waals surface area contributed by atoms with E-state index in [9.17, 15) is 0 Å². The van der Waals surface area contributed by atoms with Crippen molar-refractivity contribution in [3.8, 4) is 0 Å². The highest BCUT2D eigenvalue weighted by Crippen LogP contribution is 1.84. The molecule has 0 unspecified atom stereocenters. The number of thiol groups is 1. The van der Waals surface area contributed by atoms with Crippen molar-refractivity contribution >= 4 is 12.6 Å². The summed E-state index contributed by atoms with van der Waals surface area (Å²) >= 11 is 4.04. The Balaban J connectivity index is 2.97. The molecule has 0 saturated carbocycles. The first kappa shape index (κ1) is 8.85. The molecule has 0 aliphatic rings. The van der Waals surface area contributed by atoms with E-state index >= 15 is 0 Å². The largest absolute Gasteiger partial charge is 0.387 e. The number of nitrogens with one attached hydrogen (secondary N) is 2. The number of likely N-dealkylation sites (N-methyl/N-ethyl adjacent to an activating group) is 1. The molecule has 3 heteroatoms. The Morgan fingerprint density at radius 3 is 2.67 bits per heavy atom. The van der Waals surface area contributed by atoms with Crippen molar-refractivity contribution in [2.45, 2.75) is 0 Å². The van der Waals surface area contributed by atoms with E-state index in [-0.39, 0.29) is 0 Å². The van der Waals surface area contributed by atoms with Gasteiger partial charge in [0, 0.05) is 24.5 Å². The smallest absolute Gasteiger partial charge is 0.0296 e. The van der Waals surface area contributed by atoms with E-state index in [0.717, 1.165) is 18.8 Å². The second-order valence-electron chi connectivity index (χ2n) is 1.79. The zero-order chi connectivity index (χ0) is 7.11. The van der Waals surface area contributed by atoms with Gasteiger partial charge in [-0.2, -0.15) is 12.6 Å². The molecule has 0 radical (unpaired) electrons. The van der Waals surface area contributed by atoms with Crippen LogP contribution < -0.4 is 10.6 Å². The molecule has 0 saturated heterocycles. The molecule has 54 valence electrons. The summed E-state index contributed by atoms with van der Waals surface area (Å²) in [6.07, 6.45) is 0. The second kappa shape index (κ2) is 5.98. The highest BCUT2D eigenvalue weighted by Gasteiger charge is 1.85. The molecule has 0 atom stereocenters. The van der Waals surface area contributed by atoms with Gasteiger partial charge in [0.05, 0.1) is 0 Å². The molecule has 0 aromatic heterocycles. The first-order valence-electron chi connectivity index (χ1n) is 2.98. The molecule has 0 aliphatic heterocycles. The average Bonchev–Trinajstić information content (AvgIpc) is 1.89. The SMILES string of the molecule is C=C(CS)NCCNC. The monoisotopic (exact) mass is 146 g/mol. The van der Waals surface area contributed by atoms with Crippen LogP contribution in [0, 0.1) is 0 Å². The van der Waals surface area contributed by atoms with Crippen LogP contribution in [0.25, 0.3) is 0 Å². The maximum absolute atomic E-state index is 4.04. The zero-order valence-corrected chi connectivity index (χ0v) is 6.67. The molecule has 0 aromatic rings. The Bertz CT molecular complexity index is 83.1. The molecular weight excluding hydrogens is 132 g/mol. The molecular formula is C6H14N2S. The number of hydrogen-bond acceptors (Lipinski definition) is 3. The van der Waals surface area contributed by atoms with E-state index in [0.29, 0.717) is 5.75 Å². The standard InChI is InChI=1S/C6H14N2S/c1-6(5-9)8-4-3-7-2/h7-9H,1,3-5H2,2H3. The molecule has 0 aliphatic carbocycles. The summed E-state index contributed by atoms with van der Waals surface area (Å²) in [4.78, 5) is 0. The van der Waals surface area contributed by atoms with Crippen molar-refractivity contribution < 1.29 is 0 Å². The topological polar surface area (TPSA) is 24.1 Å². The Morgan fingerprint density at radius 2 is 2.22 bits per heavy atom. The third-order valence-electron chi connectivity index (χ3n) is 0.941. The highest BCUT2D eigenvalue weighted by molar-refractivity contribution is 7.80. The van der Waals surface area contributed by atoms with E-state index in [1.54, 1.807) is 0 Å². The summed E-state index contributed by atoms with van der Waals surface area (Å²) in [5.41, 5.74) is 0.980. The normalized spacial score (nSPS) is 9.11. The minimum atomic E-state index is 0.712. The Labute approximate surface area is 62.1 Å². The van der Waals surface area contributed by atoms with Gasteiger partial charge < -0.3 is 10.6 Å². The van der Waals surface area contributed by atoms with Crippen molar-refractivity contribution in [1.82, 2.24) is 10.6 Å². The lowest BCUT2D eigenvalue weighted by atomic mass is 10.5. The number of rotatable bonds is 5. The van der Waals surface area contributed by atoms with Crippen molar-refractivity contribution in [2.24, 2.45) is 0 Å². The van der Waals surface area contributed by atoms with Crippen LogP contribution >= 0.6 is 12.6 Å². The van der Waals surface area contributed by atoms with E-state index in [2.05, 4.69) is 29.8 Å². The zero-order valence-electron chi connectivity index (χ0n) is 5.78. The predicted octanol–water partition coefficient (Wildman–Crippen LogP) is 0.239. The van der Waals surface area contributed by atoms with Crippen LogP contribution in [0.2, 0.25) is 0 Å². The van der Waals surface area contributed by atoms with Crippen LogP contribution in [0.4, 0.5) is 0 Å². The maximum Gasteiger partial charge on any atom is 0.0296 e. The van der Waals surface area contributed by atoms with E-state index in [4.69, 9.17) is 0 Å². The first-order valence-corrected chi connectivity index (χ1v) is 3.61. The fraction of sp³-hybridized carbons (Fsp3) is 0.667. The van der Waals surface area contributed by atoms with Crippen LogP contribution in [0.3, 0.4) is 0 Å². The van der Waals surface area contributed by atoms with Gasteiger partial charge in [0.25, 0.3) is 0 Å². The van der Waals surface area contributed by atoms with Gasteiger partial charge in [-0.1, -0.05) is 6.58 Å². The Morgan fingerprint density at radius 1 is 1.56 bits per heavy atom. The summed E-state index contributed by atoms with van der Waals surface area (Å²) in [5.74, 6) is 0.712. The molecule has 9 heavy (non-hydrogen) atoms. The number of hydrogen-bond donors (Lipinski definition) is 3. The van der Waals surface area contributed by atoms with Crippen molar-refractivity contribution in [2.75, 3.05) is 25.9 Å². The van der Waals surface area contributed by atoms with E-state index in [1.165, 1.54) is 0 Å². The van der Waals surface area contributed by atoms with Gasteiger partial charge in [-0.15, -0.1) is 0 Å². The van der Waals surface area contributed by atoms with Crippen molar-refractivity contribution in [1.29, 1.82) is 0 Å². The molecule has 2 nitrogen and oxygen atoms in total. The van der Waals surface area contributed by atoms with Gasteiger partial charge in [-0.05, 0) is 7.05 Å². The molecule has 0 fully saturated rings. The predicted molar refractivity (Wildman–Crippen MR) is 44.9 cm³/mol. The molecule has 0 bridgehead atoms. The maximum atomic E-state index is 4.04. The molecule has 0 rings (SSSR count).